The number of hydrogen-bond donors (Lipinski definition) is 2. The van der Waals surface area contributed by atoms with Crippen molar-refractivity contribution in [3.8, 4) is 6.07 Å². The standard InChI is InChI=1S/C26H29N7O5/c1-37-22-5-4-19(22)29-20-10-23(28-12-18(20)11-27)31-26(36)33-6-2-3-16-9-17(21(14-34)30-25(16)33)13-32-7-8-38-15-24(32)35/h9-10,12,14,19,22H,2-8,13,15H2,1H3,(H2,28,29,31,36). The number of aldehydes is 1. The third-order valence-corrected chi connectivity index (χ3v) is 7.19. The van der Waals surface area contributed by atoms with Crippen LogP contribution in [0.4, 0.5) is 22.1 Å². The molecule has 5 rings (SSSR count). The van der Waals surface area contributed by atoms with Crippen molar-refractivity contribution in [1.29, 1.82) is 5.26 Å². The maximum absolute atomic E-state index is 13.3. The Hall–Kier alpha value is -4.08. The zero-order valence-corrected chi connectivity index (χ0v) is 21.1. The third-order valence-electron chi connectivity index (χ3n) is 7.19. The molecule has 12 nitrogen and oxygen atoms in total. The normalized spacial score (nSPS) is 20.7. The molecule has 4 heterocycles. The average molecular weight is 520 g/mol. The van der Waals surface area contributed by atoms with Gasteiger partial charge < -0.3 is 19.7 Å². The number of aromatic nitrogens is 2. The van der Waals surface area contributed by atoms with Gasteiger partial charge in [0.05, 0.1) is 30.0 Å². The summed E-state index contributed by atoms with van der Waals surface area (Å²) >= 11 is 0. The molecule has 38 heavy (non-hydrogen) atoms. The van der Waals surface area contributed by atoms with Crippen molar-refractivity contribution in [2.24, 2.45) is 0 Å². The Morgan fingerprint density at radius 1 is 1.34 bits per heavy atom. The molecule has 2 aromatic rings. The number of aryl methyl sites for hydroxylation is 1. The zero-order valence-electron chi connectivity index (χ0n) is 21.1. The van der Waals surface area contributed by atoms with Crippen LogP contribution in [-0.4, -0.2) is 78.7 Å². The van der Waals surface area contributed by atoms with Crippen LogP contribution >= 0.6 is 0 Å². The van der Waals surface area contributed by atoms with Gasteiger partial charge in [-0.15, -0.1) is 0 Å². The molecule has 198 valence electrons. The van der Waals surface area contributed by atoms with Crippen molar-refractivity contribution in [1.82, 2.24) is 14.9 Å². The van der Waals surface area contributed by atoms with Gasteiger partial charge in [0.2, 0.25) is 5.91 Å². The summed E-state index contributed by atoms with van der Waals surface area (Å²) in [6, 6.07) is 5.27. The molecular formula is C26H29N7O5. The summed E-state index contributed by atoms with van der Waals surface area (Å²) in [6.07, 6.45) is 5.42. The number of hydrogen-bond acceptors (Lipinski definition) is 9. The zero-order chi connectivity index (χ0) is 26.6. The Morgan fingerprint density at radius 3 is 2.92 bits per heavy atom. The molecule has 2 unspecified atom stereocenters. The molecule has 3 amide bonds. The second kappa shape index (κ2) is 11.1. The lowest BCUT2D eigenvalue weighted by molar-refractivity contribution is -0.143. The second-order valence-corrected chi connectivity index (χ2v) is 9.52. The SMILES string of the molecule is COC1CCC1Nc1cc(NC(=O)N2CCCc3cc(CN4CCOCC4=O)c(C=O)nc32)ncc1C#N. The molecule has 2 fully saturated rings. The molecule has 0 aromatic carbocycles. The van der Waals surface area contributed by atoms with Gasteiger partial charge in [-0.1, -0.05) is 0 Å². The number of amides is 3. The minimum Gasteiger partial charge on any atom is -0.379 e. The van der Waals surface area contributed by atoms with Crippen molar-refractivity contribution in [2.75, 3.05) is 48.9 Å². The highest BCUT2D eigenvalue weighted by molar-refractivity contribution is 6.02. The number of anilines is 3. The first kappa shape index (κ1) is 25.6. The predicted octanol–water partition coefficient (Wildman–Crippen LogP) is 2.09. The summed E-state index contributed by atoms with van der Waals surface area (Å²) < 4.78 is 10.6. The fourth-order valence-electron chi connectivity index (χ4n) is 4.93. The van der Waals surface area contributed by atoms with E-state index >= 15 is 0 Å². The number of carbonyl (C=O) groups excluding carboxylic acids is 3. The molecule has 3 aliphatic rings. The molecule has 1 saturated heterocycles. The minimum absolute atomic E-state index is 0.0248. The number of ether oxygens (including phenoxy) is 2. The van der Waals surface area contributed by atoms with Crippen LogP contribution in [0.3, 0.4) is 0 Å². The van der Waals surface area contributed by atoms with E-state index in [1.807, 2.05) is 6.07 Å². The van der Waals surface area contributed by atoms with Crippen LogP contribution in [0.5, 0.6) is 0 Å². The number of fused-ring (bicyclic) bond motifs is 1. The number of nitriles is 1. The largest absolute Gasteiger partial charge is 0.379 e. The Balaban J connectivity index is 1.34. The molecule has 1 saturated carbocycles. The lowest BCUT2D eigenvalue weighted by Crippen LogP contribution is -2.44. The van der Waals surface area contributed by atoms with E-state index in [2.05, 4.69) is 26.7 Å². The molecule has 2 N–H and O–H groups in total. The molecule has 2 atom stereocenters. The van der Waals surface area contributed by atoms with Gasteiger partial charge in [-0.05, 0) is 37.3 Å². The van der Waals surface area contributed by atoms with Crippen LogP contribution in [0.25, 0.3) is 0 Å². The van der Waals surface area contributed by atoms with Crippen molar-refractivity contribution >= 4 is 35.5 Å². The van der Waals surface area contributed by atoms with Crippen LogP contribution < -0.4 is 15.5 Å². The van der Waals surface area contributed by atoms with Crippen LogP contribution in [0.1, 0.15) is 46.4 Å². The van der Waals surface area contributed by atoms with Crippen molar-refractivity contribution < 1.29 is 23.9 Å². The highest BCUT2D eigenvalue weighted by atomic mass is 16.5. The summed E-state index contributed by atoms with van der Waals surface area (Å²) in [5.41, 5.74) is 2.62. The first-order valence-corrected chi connectivity index (χ1v) is 12.6. The molecule has 2 aliphatic heterocycles. The smallest absolute Gasteiger partial charge is 0.328 e. The minimum atomic E-state index is -0.437. The van der Waals surface area contributed by atoms with Gasteiger partial charge in [0.25, 0.3) is 0 Å². The molecule has 1 aliphatic carbocycles. The Labute approximate surface area is 219 Å². The van der Waals surface area contributed by atoms with Crippen LogP contribution in [0, 0.1) is 11.3 Å². The van der Waals surface area contributed by atoms with E-state index in [4.69, 9.17) is 9.47 Å². The van der Waals surface area contributed by atoms with E-state index in [0.29, 0.717) is 61.5 Å². The van der Waals surface area contributed by atoms with Gasteiger partial charge in [-0.25, -0.2) is 14.8 Å². The van der Waals surface area contributed by atoms with Gasteiger partial charge in [-0.3, -0.25) is 19.8 Å². The third kappa shape index (κ3) is 5.16. The number of urea groups is 1. The number of morpholine rings is 1. The average Bonchev–Trinajstić information content (AvgIpc) is 2.92. The van der Waals surface area contributed by atoms with Crippen LogP contribution in [0.2, 0.25) is 0 Å². The summed E-state index contributed by atoms with van der Waals surface area (Å²) in [5, 5.41) is 15.6. The van der Waals surface area contributed by atoms with Crippen LogP contribution in [0.15, 0.2) is 18.3 Å². The Morgan fingerprint density at radius 2 is 2.21 bits per heavy atom. The van der Waals surface area contributed by atoms with Crippen molar-refractivity contribution in [3.63, 3.8) is 0 Å². The molecule has 0 radical (unpaired) electrons. The lowest BCUT2D eigenvalue weighted by atomic mass is 9.88. The quantitative estimate of drug-likeness (QED) is 0.524. The number of pyridine rings is 2. The number of methoxy groups -OCH3 is 1. The highest BCUT2D eigenvalue weighted by Crippen LogP contribution is 2.30. The van der Waals surface area contributed by atoms with E-state index in [9.17, 15) is 19.6 Å². The predicted molar refractivity (Wildman–Crippen MR) is 137 cm³/mol. The van der Waals surface area contributed by atoms with Gasteiger partial charge >= 0.3 is 6.03 Å². The fraction of sp³-hybridized carbons (Fsp3) is 0.462. The number of nitrogens with one attached hydrogen (secondary N) is 2. The van der Waals surface area contributed by atoms with Crippen molar-refractivity contribution in [3.05, 3.63) is 40.7 Å². The van der Waals surface area contributed by atoms with Crippen molar-refractivity contribution in [2.45, 2.75) is 44.4 Å². The highest BCUT2D eigenvalue weighted by Gasteiger charge is 2.32. The summed E-state index contributed by atoms with van der Waals surface area (Å²) in [4.78, 5) is 49.3. The molecule has 0 spiro atoms. The van der Waals surface area contributed by atoms with Gasteiger partial charge in [0.1, 0.15) is 30.0 Å². The molecule has 12 heteroatoms. The van der Waals surface area contributed by atoms with Gasteiger partial charge in [-0.2, -0.15) is 5.26 Å². The first-order chi connectivity index (χ1) is 18.5. The summed E-state index contributed by atoms with van der Waals surface area (Å²) in [7, 11) is 1.66. The van der Waals surface area contributed by atoms with Crippen LogP contribution in [-0.2, 0) is 27.2 Å². The number of carbonyl (C=O) groups is 3. The van der Waals surface area contributed by atoms with E-state index in [0.717, 1.165) is 18.4 Å². The Bertz CT molecular complexity index is 1290. The van der Waals surface area contributed by atoms with E-state index < -0.39 is 6.03 Å². The summed E-state index contributed by atoms with van der Waals surface area (Å²) in [6.45, 7) is 1.60. The van der Waals surface area contributed by atoms with E-state index in [1.54, 1.807) is 18.1 Å². The molecular weight excluding hydrogens is 490 g/mol. The second-order valence-electron chi connectivity index (χ2n) is 9.52. The first-order valence-electron chi connectivity index (χ1n) is 12.6. The fourth-order valence-corrected chi connectivity index (χ4v) is 4.93. The monoisotopic (exact) mass is 519 g/mol. The lowest BCUT2D eigenvalue weighted by Gasteiger charge is -2.36. The van der Waals surface area contributed by atoms with Gasteiger partial charge in [0.15, 0.2) is 6.29 Å². The molecule has 2 aromatic heterocycles. The summed E-state index contributed by atoms with van der Waals surface area (Å²) in [5.74, 6) is 0.568. The maximum Gasteiger partial charge on any atom is 0.328 e. The maximum atomic E-state index is 13.3. The number of rotatable bonds is 7. The van der Waals surface area contributed by atoms with E-state index in [-0.39, 0.29) is 42.7 Å². The van der Waals surface area contributed by atoms with Gasteiger partial charge in [0, 0.05) is 44.6 Å². The number of nitrogens with zero attached hydrogens (tertiary/aromatic N) is 5. The Kier molecular flexibility index (Phi) is 7.48. The molecule has 0 bridgehead atoms. The topological polar surface area (TPSA) is 150 Å². The van der Waals surface area contributed by atoms with E-state index in [1.165, 1.54) is 11.1 Å².